The number of carbonyl (C=O) groups is 1. The van der Waals surface area contributed by atoms with E-state index < -0.39 is 16.9 Å². The largest absolute Gasteiger partial charge is 0.343 e. The van der Waals surface area contributed by atoms with E-state index in [0.717, 1.165) is 18.4 Å². The summed E-state index contributed by atoms with van der Waals surface area (Å²) in [5.74, 6) is 0. The van der Waals surface area contributed by atoms with Crippen LogP contribution in [-0.2, 0) is 0 Å². The number of thiocarbonyl (C=S) groups is 1. The zero-order valence-corrected chi connectivity index (χ0v) is 17.2. The van der Waals surface area contributed by atoms with Gasteiger partial charge in [0.05, 0.1) is 11.0 Å². The molecule has 1 aliphatic heterocycles. The lowest BCUT2D eigenvalue weighted by Gasteiger charge is -2.34. The molecular weight excluding hydrogens is 368 g/mol. The normalized spacial score (nSPS) is 19.2. The van der Waals surface area contributed by atoms with E-state index in [4.69, 9.17) is 12.2 Å². The summed E-state index contributed by atoms with van der Waals surface area (Å²) >= 11 is 6.83. The highest BCUT2D eigenvalue weighted by molar-refractivity contribution is 8.24. The van der Waals surface area contributed by atoms with Gasteiger partial charge in [-0.1, -0.05) is 67.2 Å². The highest BCUT2D eigenvalue weighted by atomic mass is 32.2. The van der Waals surface area contributed by atoms with Crippen molar-refractivity contribution in [3.8, 4) is 0 Å². The molecule has 1 aromatic carbocycles. The minimum absolute atomic E-state index is 0.501. The van der Waals surface area contributed by atoms with Crippen LogP contribution in [0.5, 0.6) is 0 Å². The van der Waals surface area contributed by atoms with Crippen molar-refractivity contribution < 1.29 is 10.0 Å². The van der Waals surface area contributed by atoms with Crippen LogP contribution in [0.2, 0.25) is 0 Å². The molecule has 26 heavy (non-hydrogen) atoms. The Hall–Kier alpha value is -1.64. The lowest BCUT2D eigenvalue weighted by Crippen LogP contribution is -2.55. The topological polar surface area (TPSA) is 68.2 Å². The quantitative estimate of drug-likeness (QED) is 0.251. The molecule has 1 aromatic rings. The molecule has 0 unspecified atom stereocenters. The standard InChI is InChI=1S/C18H26N4O2S2/c1-5-6-11-19-16(23)22(24)15-18(3,4)26-17(25)21(15)20-12-14-9-7-13(2)8-10-14/h7-10,12,15,24H,5-6,11H2,1-4H3,(H,19,23)/b20-12-/t15-/m1/s1. The first-order chi connectivity index (χ1) is 12.3. The molecule has 0 radical (unpaired) electrons. The molecule has 142 valence electrons. The summed E-state index contributed by atoms with van der Waals surface area (Å²) in [6.07, 6.45) is 2.82. The number of thioether (sulfide) groups is 1. The molecule has 2 rings (SSSR count). The van der Waals surface area contributed by atoms with E-state index in [0.29, 0.717) is 15.9 Å². The fourth-order valence-corrected chi connectivity index (χ4v) is 4.36. The predicted molar refractivity (Wildman–Crippen MR) is 111 cm³/mol. The minimum atomic E-state index is -0.691. The van der Waals surface area contributed by atoms with Crippen molar-refractivity contribution in [3.05, 3.63) is 35.4 Å². The van der Waals surface area contributed by atoms with Crippen LogP contribution in [0.25, 0.3) is 0 Å². The van der Waals surface area contributed by atoms with E-state index in [9.17, 15) is 10.0 Å². The summed E-state index contributed by atoms with van der Waals surface area (Å²) < 4.78 is 0.0159. The summed E-state index contributed by atoms with van der Waals surface area (Å²) in [5.41, 5.74) is 2.09. The average molecular weight is 395 g/mol. The molecule has 2 amide bonds. The molecular formula is C18H26N4O2S2. The van der Waals surface area contributed by atoms with Crippen LogP contribution in [0.3, 0.4) is 0 Å². The van der Waals surface area contributed by atoms with Gasteiger partial charge in [-0.3, -0.25) is 5.21 Å². The van der Waals surface area contributed by atoms with Gasteiger partial charge in [-0.25, -0.2) is 9.80 Å². The first-order valence-corrected chi connectivity index (χ1v) is 9.87. The summed E-state index contributed by atoms with van der Waals surface area (Å²) in [7, 11) is 0. The Balaban J connectivity index is 2.18. The predicted octanol–water partition coefficient (Wildman–Crippen LogP) is 3.97. The maximum Gasteiger partial charge on any atom is 0.343 e. The first-order valence-electron chi connectivity index (χ1n) is 8.65. The number of hydrogen-bond donors (Lipinski definition) is 2. The van der Waals surface area contributed by atoms with Crippen LogP contribution in [-0.4, -0.2) is 49.3 Å². The number of unbranched alkanes of at least 4 members (excludes halogenated alkanes) is 1. The van der Waals surface area contributed by atoms with Crippen LogP contribution >= 0.6 is 24.0 Å². The van der Waals surface area contributed by atoms with Crippen LogP contribution in [0, 0.1) is 6.92 Å². The summed E-state index contributed by atoms with van der Waals surface area (Å²) in [4.78, 5) is 12.3. The third kappa shape index (κ3) is 4.96. The summed E-state index contributed by atoms with van der Waals surface area (Å²) in [5, 5.41) is 19.9. The van der Waals surface area contributed by atoms with Crippen molar-refractivity contribution in [2.24, 2.45) is 5.10 Å². The Kier molecular flexibility index (Phi) is 7.02. The molecule has 0 spiro atoms. The maximum absolute atomic E-state index is 12.3. The number of hydrazone groups is 1. The number of urea groups is 1. The number of aryl methyl sites for hydroxylation is 1. The van der Waals surface area contributed by atoms with Crippen LogP contribution < -0.4 is 5.32 Å². The Labute approximate surface area is 164 Å². The van der Waals surface area contributed by atoms with Gasteiger partial charge in [0.25, 0.3) is 0 Å². The number of amides is 2. The zero-order chi connectivity index (χ0) is 19.3. The van der Waals surface area contributed by atoms with Gasteiger partial charge >= 0.3 is 6.03 Å². The zero-order valence-electron chi connectivity index (χ0n) is 15.6. The van der Waals surface area contributed by atoms with E-state index in [1.165, 1.54) is 22.3 Å². The van der Waals surface area contributed by atoms with Gasteiger partial charge in [-0.15, -0.1) is 0 Å². The van der Waals surface area contributed by atoms with Crippen molar-refractivity contribution in [2.75, 3.05) is 6.54 Å². The van der Waals surface area contributed by atoms with Gasteiger partial charge in [0.2, 0.25) is 0 Å². The van der Waals surface area contributed by atoms with Gasteiger partial charge in [-0.2, -0.15) is 10.2 Å². The summed E-state index contributed by atoms with van der Waals surface area (Å²) in [6.45, 7) is 8.44. The third-order valence-electron chi connectivity index (χ3n) is 4.05. The maximum atomic E-state index is 12.3. The second kappa shape index (κ2) is 8.83. The molecule has 0 saturated carbocycles. The highest BCUT2D eigenvalue weighted by Crippen LogP contribution is 2.42. The Morgan fingerprint density at radius 2 is 2.12 bits per heavy atom. The lowest BCUT2D eigenvalue weighted by molar-refractivity contribution is -0.118. The van der Waals surface area contributed by atoms with Gasteiger partial charge in [0.1, 0.15) is 0 Å². The SMILES string of the molecule is CCCCNC(=O)N(O)[C@H]1N(/N=C\c2ccc(C)cc2)C(=S)SC1(C)C. The van der Waals surface area contributed by atoms with Crippen LogP contribution in [0.4, 0.5) is 4.79 Å². The first kappa shape index (κ1) is 20.7. The van der Waals surface area contributed by atoms with Crippen molar-refractivity contribution in [2.45, 2.75) is 51.4 Å². The molecule has 1 fully saturated rings. The average Bonchev–Trinajstić information content (AvgIpc) is 2.81. The van der Waals surface area contributed by atoms with E-state index in [-0.39, 0.29) is 0 Å². The molecule has 2 N–H and O–H groups in total. The van der Waals surface area contributed by atoms with Crippen molar-refractivity contribution in [3.63, 3.8) is 0 Å². The number of hydrogen-bond acceptors (Lipinski definition) is 5. The number of rotatable bonds is 6. The number of hydroxylamine groups is 2. The van der Waals surface area contributed by atoms with Crippen LogP contribution in [0.1, 0.15) is 44.7 Å². The van der Waals surface area contributed by atoms with E-state index in [1.54, 1.807) is 6.21 Å². The monoisotopic (exact) mass is 394 g/mol. The second-order valence-corrected chi connectivity index (χ2v) is 9.06. The molecule has 8 heteroatoms. The third-order valence-corrected chi connectivity index (χ3v) is 5.58. The van der Waals surface area contributed by atoms with E-state index >= 15 is 0 Å². The second-order valence-electron chi connectivity index (χ2n) is 6.77. The fourth-order valence-electron chi connectivity index (χ4n) is 2.57. The molecule has 1 aliphatic rings. The van der Waals surface area contributed by atoms with Crippen molar-refractivity contribution in [1.29, 1.82) is 0 Å². The summed E-state index contributed by atoms with van der Waals surface area (Å²) in [6, 6.07) is 7.37. The number of benzene rings is 1. The molecule has 1 saturated heterocycles. The molecule has 0 bridgehead atoms. The van der Waals surface area contributed by atoms with E-state index in [1.807, 2.05) is 52.0 Å². The van der Waals surface area contributed by atoms with Crippen LogP contribution in [0.15, 0.2) is 29.4 Å². The fraction of sp³-hybridized carbons (Fsp3) is 0.500. The lowest BCUT2D eigenvalue weighted by atomic mass is 10.1. The van der Waals surface area contributed by atoms with Gasteiger partial charge in [0, 0.05) is 6.54 Å². The Bertz CT molecular complexity index is 676. The van der Waals surface area contributed by atoms with Crippen molar-refractivity contribution >= 4 is 40.5 Å². The molecule has 1 atom stereocenters. The molecule has 1 heterocycles. The van der Waals surface area contributed by atoms with Gasteiger partial charge < -0.3 is 5.32 Å². The van der Waals surface area contributed by atoms with Gasteiger partial charge in [-0.05, 0) is 32.8 Å². The van der Waals surface area contributed by atoms with Gasteiger partial charge in [0.15, 0.2) is 10.5 Å². The van der Waals surface area contributed by atoms with Crippen molar-refractivity contribution in [1.82, 2.24) is 15.4 Å². The minimum Gasteiger partial charge on any atom is -0.336 e. The van der Waals surface area contributed by atoms with E-state index in [2.05, 4.69) is 10.4 Å². The number of nitrogens with zero attached hydrogens (tertiary/aromatic N) is 3. The number of nitrogens with one attached hydrogen (secondary N) is 1. The Morgan fingerprint density at radius 3 is 2.73 bits per heavy atom. The smallest absolute Gasteiger partial charge is 0.336 e. The molecule has 0 aliphatic carbocycles. The number of carbonyl (C=O) groups excluding carboxylic acids is 1. The highest BCUT2D eigenvalue weighted by Gasteiger charge is 2.49. The molecule has 0 aromatic heterocycles. The Morgan fingerprint density at radius 1 is 1.46 bits per heavy atom. The molecule has 6 nitrogen and oxygen atoms in total.